The number of benzene rings is 1. The van der Waals surface area contributed by atoms with Crippen molar-refractivity contribution in [1.82, 2.24) is 20.2 Å². The van der Waals surface area contributed by atoms with Crippen molar-refractivity contribution in [2.45, 2.75) is 6.92 Å². The lowest BCUT2D eigenvalue weighted by atomic mass is 10.1. The van der Waals surface area contributed by atoms with E-state index >= 15 is 0 Å². The smallest absolute Gasteiger partial charge is 0.276 e. The van der Waals surface area contributed by atoms with Gasteiger partial charge >= 0.3 is 0 Å². The molecule has 0 bridgehead atoms. The van der Waals surface area contributed by atoms with E-state index < -0.39 is 0 Å². The number of aromatic amines is 2. The molecule has 0 atom stereocenters. The van der Waals surface area contributed by atoms with Crippen LogP contribution in [0, 0.1) is 6.92 Å². The molecule has 4 rings (SSSR count). The molecule has 1 amide bonds. The van der Waals surface area contributed by atoms with Crippen LogP contribution in [-0.4, -0.2) is 26.1 Å². The first-order valence-electron chi connectivity index (χ1n) is 7.66. The number of carbonyl (C=O) groups excluding carboxylic acids is 1. The van der Waals surface area contributed by atoms with Crippen molar-refractivity contribution in [2.24, 2.45) is 0 Å². The maximum Gasteiger partial charge on any atom is 0.276 e. The number of hydrogen-bond acceptors (Lipinski definition) is 3. The molecule has 0 saturated carbocycles. The molecule has 124 valence electrons. The Bertz CT molecular complexity index is 1060. The Morgan fingerprint density at radius 2 is 1.96 bits per heavy atom. The number of H-pyrrole nitrogens is 2. The summed E-state index contributed by atoms with van der Waals surface area (Å²) in [7, 11) is 0. The molecule has 0 aliphatic carbocycles. The molecular weight excluding hydrogens is 338 g/mol. The van der Waals surface area contributed by atoms with Crippen molar-refractivity contribution in [3.05, 3.63) is 65.1 Å². The van der Waals surface area contributed by atoms with Crippen LogP contribution in [0.4, 0.5) is 5.69 Å². The van der Waals surface area contributed by atoms with Crippen LogP contribution in [0.3, 0.4) is 0 Å². The van der Waals surface area contributed by atoms with E-state index in [4.69, 9.17) is 11.6 Å². The maximum absolute atomic E-state index is 12.2. The predicted molar refractivity (Wildman–Crippen MR) is 97.8 cm³/mol. The number of nitrogens with one attached hydrogen (secondary N) is 3. The molecule has 0 unspecified atom stereocenters. The second-order valence-corrected chi connectivity index (χ2v) is 6.18. The van der Waals surface area contributed by atoms with Crippen LogP contribution in [0.15, 0.2) is 48.7 Å². The SMILES string of the molecule is Cc1cc(C(=O)Nc2cnc3[nH]c(-c4ccc(Cl)cc4)cc3c2)n[nH]1. The zero-order valence-electron chi connectivity index (χ0n) is 13.3. The van der Waals surface area contributed by atoms with E-state index in [1.54, 1.807) is 12.3 Å². The minimum Gasteiger partial charge on any atom is -0.339 e. The van der Waals surface area contributed by atoms with Crippen LogP contribution in [0.1, 0.15) is 16.2 Å². The summed E-state index contributed by atoms with van der Waals surface area (Å²) in [5.41, 5.74) is 4.48. The molecule has 7 heteroatoms. The number of fused-ring (bicyclic) bond motifs is 1. The Hall–Kier alpha value is -3.12. The lowest BCUT2D eigenvalue weighted by Crippen LogP contribution is -2.12. The van der Waals surface area contributed by atoms with E-state index in [0.717, 1.165) is 28.0 Å². The first kappa shape index (κ1) is 15.4. The van der Waals surface area contributed by atoms with Gasteiger partial charge in [-0.25, -0.2) is 4.98 Å². The van der Waals surface area contributed by atoms with Crippen molar-refractivity contribution in [3.63, 3.8) is 0 Å². The van der Waals surface area contributed by atoms with Gasteiger partial charge in [0, 0.05) is 21.8 Å². The molecule has 0 spiro atoms. The average molecular weight is 352 g/mol. The van der Waals surface area contributed by atoms with Gasteiger partial charge in [-0.15, -0.1) is 0 Å². The molecule has 25 heavy (non-hydrogen) atoms. The number of nitrogens with zero attached hydrogens (tertiary/aromatic N) is 2. The van der Waals surface area contributed by atoms with Gasteiger partial charge in [0.2, 0.25) is 0 Å². The van der Waals surface area contributed by atoms with Crippen molar-refractivity contribution >= 4 is 34.2 Å². The molecule has 0 fully saturated rings. The Balaban J connectivity index is 1.61. The zero-order chi connectivity index (χ0) is 17.4. The van der Waals surface area contributed by atoms with Crippen molar-refractivity contribution in [1.29, 1.82) is 0 Å². The highest BCUT2D eigenvalue weighted by Crippen LogP contribution is 2.26. The summed E-state index contributed by atoms with van der Waals surface area (Å²) < 4.78 is 0. The number of hydrogen-bond donors (Lipinski definition) is 3. The molecule has 3 N–H and O–H groups in total. The van der Waals surface area contributed by atoms with Crippen LogP contribution in [0.5, 0.6) is 0 Å². The molecule has 1 aromatic carbocycles. The first-order chi connectivity index (χ1) is 12.1. The van der Waals surface area contributed by atoms with Crippen LogP contribution < -0.4 is 5.32 Å². The normalized spacial score (nSPS) is 11.0. The topological polar surface area (TPSA) is 86.5 Å². The fraction of sp³-hybridized carbons (Fsp3) is 0.0556. The van der Waals surface area contributed by atoms with Gasteiger partial charge < -0.3 is 10.3 Å². The van der Waals surface area contributed by atoms with E-state index in [0.29, 0.717) is 16.4 Å². The Labute approximate surface area is 148 Å². The third-order valence-corrected chi connectivity index (χ3v) is 4.07. The van der Waals surface area contributed by atoms with Gasteiger partial charge in [0.1, 0.15) is 5.65 Å². The van der Waals surface area contributed by atoms with Crippen LogP contribution in [0.25, 0.3) is 22.3 Å². The van der Waals surface area contributed by atoms with E-state index in [1.807, 2.05) is 43.3 Å². The summed E-state index contributed by atoms with van der Waals surface area (Å²) >= 11 is 5.93. The maximum atomic E-state index is 12.2. The molecule has 0 aliphatic rings. The van der Waals surface area contributed by atoms with Crippen molar-refractivity contribution < 1.29 is 4.79 Å². The fourth-order valence-corrected chi connectivity index (χ4v) is 2.72. The standard InChI is InChI=1S/C18H14ClN5O/c1-10-6-16(24-23-10)18(25)21-14-7-12-8-15(22-17(12)20-9-14)11-2-4-13(19)5-3-11/h2-9H,1H3,(H,20,22)(H,21,25)(H,23,24). The summed E-state index contributed by atoms with van der Waals surface area (Å²) in [6.07, 6.45) is 1.61. The van der Waals surface area contributed by atoms with Crippen molar-refractivity contribution in [2.75, 3.05) is 5.32 Å². The average Bonchev–Trinajstić information content (AvgIpc) is 3.21. The molecule has 0 radical (unpaired) electrons. The summed E-state index contributed by atoms with van der Waals surface area (Å²) in [4.78, 5) is 19.8. The van der Waals surface area contributed by atoms with Gasteiger partial charge in [0.05, 0.1) is 11.9 Å². The van der Waals surface area contributed by atoms with Crippen LogP contribution in [0.2, 0.25) is 5.02 Å². The molecule has 4 aromatic rings. The number of amides is 1. The van der Waals surface area contributed by atoms with E-state index in [1.165, 1.54) is 0 Å². The zero-order valence-corrected chi connectivity index (χ0v) is 14.1. The quantitative estimate of drug-likeness (QED) is 0.517. The minimum atomic E-state index is -0.279. The highest BCUT2D eigenvalue weighted by Gasteiger charge is 2.11. The molecule has 6 nitrogen and oxygen atoms in total. The monoisotopic (exact) mass is 351 g/mol. The summed E-state index contributed by atoms with van der Waals surface area (Å²) in [6.45, 7) is 1.84. The number of aryl methyl sites for hydroxylation is 1. The molecule has 3 heterocycles. The summed E-state index contributed by atoms with van der Waals surface area (Å²) in [5, 5.41) is 11.1. The third-order valence-electron chi connectivity index (χ3n) is 3.82. The second kappa shape index (κ2) is 6.07. The van der Waals surface area contributed by atoms with Gasteiger partial charge in [0.15, 0.2) is 5.69 Å². The number of rotatable bonds is 3. The molecule has 3 aromatic heterocycles. The largest absolute Gasteiger partial charge is 0.339 e. The number of aromatic nitrogens is 4. The molecule has 0 aliphatic heterocycles. The second-order valence-electron chi connectivity index (χ2n) is 5.74. The highest BCUT2D eigenvalue weighted by molar-refractivity contribution is 6.30. The van der Waals surface area contributed by atoms with Gasteiger partial charge in [-0.2, -0.15) is 5.10 Å². The summed E-state index contributed by atoms with van der Waals surface area (Å²) in [6, 6.07) is 13.1. The lowest BCUT2D eigenvalue weighted by molar-refractivity contribution is 0.102. The number of halogens is 1. The number of pyridine rings is 1. The number of anilines is 1. The third kappa shape index (κ3) is 3.12. The Kier molecular flexibility index (Phi) is 3.74. The van der Waals surface area contributed by atoms with Crippen molar-refractivity contribution in [3.8, 4) is 11.3 Å². The van der Waals surface area contributed by atoms with Gasteiger partial charge in [0.25, 0.3) is 5.91 Å². The number of carbonyl (C=O) groups is 1. The fourth-order valence-electron chi connectivity index (χ4n) is 2.60. The Morgan fingerprint density at radius 3 is 2.68 bits per heavy atom. The summed E-state index contributed by atoms with van der Waals surface area (Å²) in [5.74, 6) is -0.279. The van der Waals surface area contributed by atoms with Gasteiger partial charge in [-0.1, -0.05) is 23.7 Å². The lowest BCUT2D eigenvalue weighted by Gasteiger charge is -2.02. The van der Waals surface area contributed by atoms with Crippen LogP contribution in [-0.2, 0) is 0 Å². The van der Waals surface area contributed by atoms with Gasteiger partial charge in [-0.05, 0) is 42.8 Å². The van der Waals surface area contributed by atoms with E-state index in [2.05, 4.69) is 25.5 Å². The molecule has 0 saturated heterocycles. The Morgan fingerprint density at radius 1 is 1.16 bits per heavy atom. The van der Waals surface area contributed by atoms with E-state index in [-0.39, 0.29) is 5.91 Å². The van der Waals surface area contributed by atoms with Gasteiger partial charge in [-0.3, -0.25) is 9.89 Å². The molecular formula is C18H14ClN5O. The van der Waals surface area contributed by atoms with Crippen LogP contribution >= 0.6 is 11.6 Å². The first-order valence-corrected chi connectivity index (χ1v) is 8.04. The predicted octanol–water partition coefficient (Wildman–Crippen LogP) is 4.17. The minimum absolute atomic E-state index is 0.279. The highest BCUT2D eigenvalue weighted by atomic mass is 35.5. The van der Waals surface area contributed by atoms with E-state index in [9.17, 15) is 4.79 Å².